The fraction of sp³-hybridized carbons (Fsp3) is 0.273. The van der Waals surface area contributed by atoms with Gasteiger partial charge < -0.3 is 15.3 Å². The van der Waals surface area contributed by atoms with Crippen molar-refractivity contribution in [3.63, 3.8) is 0 Å². The molecule has 1 aliphatic rings. The number of urea groups is 1. The monoisotopic (exact) mass is 288 g/mol. The summed E-state index contributed by atoms with van der Waals surface area (Å²) in [6.45, 7) is 0. The van der Waals surface area contributed by atoms with Gasteiger partial charge in [-0.25, -0.2) is 18.4 Å². The number of anilines is 1. The summed E-state index contributed by atoms with van der Waals surface area (Å²) in [4.78, 5) is 23.8. The minimum Gasteiger partial charge on any atom is -0.480 e. The van der Waals surface area contributed by atoms with Gasteiger partial charge in [0.25, 0.3) is 0 Å². The van der Waals surface area contributed by atoms with Crippen LogP contribution in [0.2, 0.25) is 0 Å². The zero-order chi connectivity index (χ0) is 14.0. The molecule has 0 unspecified atom stereocenters. The Morgan fingerprint density at radius 3 is 2.84 bits per heavy atom. The number of hydrogen-bond donors (Lipinski definition) is 2. The van der Waals surface area contributed by atoms with E-state index in [-0.39, 0.29) is 17.3 Å². The first-order chi connectivity index (χ1) is 9.00. The molecule has 1 fully saturated rings. The van der Waals surface area contributed by atoms with Crippen LogP contribution in [0.4, 0.5) is 19.3 Å². The van der Waals surface area contributed by atoms with Crippen LogP contribution < -0.4 is 5.32 Å². The van der Waals surface area contributed by atoms with Gasteiger partial charge in [0.05, 0.1) is 11.6 Å². The molecule has 2 amide bonds. The van der Waals surface area contributed by atoms with Gasteiger partial charge >= 0.3 is 12.0 Å². The van der Waals surface area contributed by atoms with Crippen molar-refractivity contribution in [1.29, 1.82) is 0 Å². The van der Waals surface area contributed by atoms with E-state index in [2.05, 4.69) is 5.32 Å². The van der Waals surface area contributed by atoms with Gasteiger partial charge in [0.2, 0.25) is 0 Å². The Kier molecular flexibility index (Phi) is 3.89. The number of thioether (sulfide) groups is 1. The molecule has 2 N–H and O–H groups in total. The molecule has 102 valence electrons. The molecule has 19 heavy (non-hydrogen) atoms. The molecule has 0 bridgehead atoms. The minimum absolute atomic E-state index is 0.194. The van der Waals surface area contributed by atoms with Crippen molar-refractivity contribution >= 4 is 29.4 Å². The largest absolute Gasteiger partial charge is 0.480 e. The van der Waals surface area contributed by atoms with E-state index in [1.807, 2.05) is 0 Å². The summed E-state index contributed by atoms with van der Waals surface area (Å²) in [5.41, 5.74) is -0.314. The number of carboxylic acid groups (broad SMARTS) is 1. The van der Waals surface area contributed by atoms with E-state index < -0.39 is 29.7 Å². The molecule has 0 aromatic heterocycles. The maximum atomic E-state index is 13.4. The zero-order valence-electron chi connectivity index (χ0n) is 9.60. The third kappa shape index (κ3) is 2.78. The van der Waals surface area contributed by atoms with Crippen LogP contribution in [0.25, 0.3) is 0 Å². The third-order valence-corrected chi connectivity index (χ3v) is 3.63. The van der Waals surface area contributed by atoms with Crippen LogP contribution in [0.3, 0.4) is 0 Å². The highest BCUT2D eigenvalue weighted by Gasteiger charge is 2.34. The summed E-state index contributed by atoms with van der Waals surface area (Å²) in [6, 6.07) is 1.66. The highest BCUT2D eigenvalue weighted by Crippen LogP contribution is 2.23. The van der Waals surface area contributed by atoms with E-state index in [0.29, 0.717) is 0 Å². The number of aliphatic carboxylic acids is 1. The van der Waals surface area contributed by atoms with E-state index in [1.165, 1.54) is 23.9 Å². The van der Waals surface area contributed by atoms with Crippen LogP contribution in [0.5, 0.6) is 0 Å². The first kappa shape index (κ1) is 13.6. The fourth-order valence-electron chi connectivity index (χ4n) is 1.63. The number of carboxylic acids is 1. The second kappa shape index (κ2) is 5.43. The number of hydrogen-bond acceptors (Lipinski definition) is 3. The summed E-state index contributed by atoms with van der Waals surface area (Å²) in [6.07, 6.45) is 0. The lowest BCUT2D eigenvalue weighted by molar-refractivity contribution is -0.140. The van der Waals surface area contributed by atoms with Gasteiger partial charge in [0.15, 0.2) is 11.6 Å². The maximum Gasteiger partial charge on any atom is 0.327 e. The number of halogens is 2. The fourth-order valence-corrected chi connectivity index (χ4v) is 2.78. The Morgan fingerprint density at radius 1 is 1.42 bits per heavy atom. The quantitative estimate of drug-likeness (QED) is 0.872. The zero-order valence-corrected chi connectivity index (χ0v) is 10.4. The number of benzene rings is 1. The van der Waals surface area contributed by atoms with Crippen LogP contribution in [-0.2, 0) is 4.79 Å². The van der Waals surface area contributed by atoms with Gasteiger partial charge in [-0.2, -0.15) is 0 Å². The molecule has 0 radical (unpaired) electrons. The standard InChI is InChI=1S/C11H10F2N2O3S/c12-6-2-1-3-7(9(6)13)14-11(18)15-5-19-4-8(15)10(16)17/h1-3,8H,4-5H2,(H,14,18)(H,16,17)/t8-/m0/s1. The number of amides is 2. The molecule has 0 aliphatic carbocycles. The number of rotatable bonds is 2. The van der Waals surface area contributed by atoms with E-state index in [0.717, 1.165) is 11.0 Å². The highest BCUT2D eigenvalue weighted by molar-refractivity contribution is 7.99. The van der Waals surface area contributed by atoms with Crippen LogP contribution >= 0.6 is 11.8 Å². The van der Waals surface area contributed by atoms with Crippen molar-refractivity contribution in [2.45, 2.75) is 6.04 Å². The summed E-state index contributed by atoms with van der Waals surface area (Å²) >= 11 is 1.28. The van der Waals surface area contributed by atoms with E-state index in [4.69, 9.17) is 5.11 Å². The predicted molar refractivity (Wildman–Crippen MR) is 66.0 cm³/mol. The smallest absolute Gasteiger partial charge is 0.327 e. The lowest BCUT2D eigenvalue weighted by atomic mass is 10.3. The number of carbonyl (C=O) groups excluding carboxylic acids is 1. The molecule has 1 aliphatic heterocycles. The van der Waals surface area contributed by atoms with Crippen molar-refractivity contribution < 1.29 is 23.5 Å². The van der Waals surface area contributed by atoms with Crippen LogP contribution in [0.15, 0.2) is 18.2 Å². The number of carbonyl (C=O) groups is 2. The van der Waals surface area contributed by atoms with Crippen molar-refractivity contribution in [1.82, 2.24) is 4.90 Å². The van der Waals surface area contributed by atoms with Gasteiger partial charge in [-0.05, 0) is 12.1 Å². The lowest BCUT2D eigenvalue weighted by Gasteiger charge is -2.21. The van der Waals surface area contributed by atoms with Gasteiger partial charge in [0, 0.05) is 5.75 Å². The van der Waals surface area contributed by atoms with Gasteiger partial charge in [-0.15, -0.1) is 11.8 Å². The summed E-state index contributed by atoms with van der Waals surface area (Å²) in [5.74, 6) is -2.91. The van der Waals surface area contributed by atoms with E-state index in [9.17, 15) is 18.4 Å². The Hall–Kier alpha value is -1.83. The van der Waals surface area contributed by atoms with Crippen molar-refractivity contribution in [3.05, 3.63) is 29.8 Å². The molecule has 2 rings (SSSR count). The topological polar surface area (TPSA) is 69.6 Å². The lowest BCUT2D eigenvalue weighted by Crippen LogP contribution is -2.44. The summed E-state index contributed by atoms with van der Waals surface area (Å²) in [7, 11) is 0. The molecule has 0 saturated carbocycles. The Balaban J connectivity index is 2.13. The van der Waals surface area contributed by atoms with Crippen LogP contribution in [-0.4, -0.2) is 39.7 Å². The minimum atomic E-state index is -1.17. The van der Waals surface area contributed by atoms with E-state index >= 15 is 0 Å². The first-order valence-corrected chi connectivity index (χ1v) is 6.48. The average molecular weight is 288 g/mol. The summed E-state index contributed by atoms with van der Waals surface area (Å²) < 4.78 is 26.3. The highest BCUT2D eigenvalue weighted by atomic mass is 32.2. The molecule has 0 spiro atoms. The molecular weight excluding hydrogens is 278 g/mol. The van der Waals surface area contributed by atoms with Crippen molar-refractivity contribution in [3.8, 4) is 0 Å². The summed E-state index contributed by atoms with van der Waals surface area (Å²) in [5, 5.41) is 11.1. The van der Waals surface area contributed by atoms with Crippen molar-refractivity contribution in [2.75, 3.05) is 16.9 Å². The van der Waals surface area contributed by atoms with Gasteiger partial charge in [-0.3, -0.25) is 0 Å². The maximum absolute atomic E-state index is 13.4. The average Bonchev–Trinajstić information content (AvgIpc) is 2.84. The SMILES string of the molecule is O=C(O)[C@@H]1CSCN1C(=O)Nc1cccc(F)c1F. The van der Waals surface area contributed by atoms with Gasteiger partial charge in [-0.1, -0.05) is 6.07 Å². The second-order valence-corrected chi connectivity index (χ2v) is 4.86. The second-order valence-electron chi connectivity index (χ2n) is 3.86. The molecule has 1 aromatic rings. The first-order valence-electron chi connectivity index (χ1n) is 5.33. The van der Waals surface area contributed by atoms with Gasteiger partial charge in [0.1, 0.15) is 6.04 Å². The number of nitrogens with one attached hydrogen (secondary N) is 1. The third-order valence-electron chi connectivity index (χ3n) is 2.62. The molecule has 1 saturated heterocycles. The number of nitrogens with zero attached hydrogens (tertiary/aromatic N) is 1. The van der Waals surface area contributed by atoms with Crippen LogP contribution in [0, 0.1) is 11.6 Å². The molecular formula is C11H10F2N2O3S. The Bertz CT molecular complexity index is 527. The normalized spacial score (nSPS) is 18.4. The van der Waals surface area contributed by atoms with Crippen molar-refractivity contribution in [2.24, 2.45) is 0 Å². The molecule has 5 nitrogen and oxygen atoms in total. The Morgan fingerprint density at radius 2 is 2.16 bits per heavy atom. The Labute approximate surface area is 111 Å². The molecule has 1 heterocycles. The molecule has 1 atom stereocenters. The predicted octanol–water partition coefficient (Wildman–Crippen LogP) is 1.96. The molecule has 8 heteroatoms. The van der Waals surface area contributed by atoms with Crippen LogP contribution in [0.1, 0.15) is 0 Å². The van der Waals surface area contributed by atoms with E-state index in [1.54, 1.807) is 0 Å². The molecule has 1 aromatic carbocycles.